The lowest BCUT2D eigenvalue weighted by Gasteiger charge is -2.35. The highest BCUT2D eigenvalue weighted by molar-refractivity contribution is 5.32. The summed E-state index contributed by atoms with van der Waals surface area (Å²) in [7, 11) is 0. The van der Waals surface area contributed by atoms with Gasteiger partial charge in [-0.3, -0.25) is 0 Å². The second kappa shape index (κ2) is 4.31. The second-order valence-electron chi connectivity index (χ2n) is 5.44. The number of nitrogens with two attached hydrogens (primary N) is 1. The number of benzene rings is 1. The summed E-state index contributed by atoms with van der Waals surface area (Å²) in [5, 5.41) is 13.5. The van der Waals surface area contributed by atoms with E-state index in [1.807, 2.05) is 18.2 Å². The number of nitrogens with one attached hydrogen (secondary N) is 1. The number of phenolic OH excluding ortho intramolecular Hbond substituents is 1. The molecule has 0 aliphatic carbocycles. The Morgan fingerprint density at radius 3 is 2.94 bits per heavy atom. The monoisotopic (exact) mass is 232 g/mol. The van der Waals surface area contributed by atoms with Crippen LogP contribution in [0.5, 0.6) is 5.75 Å². The van der Waals surface area contributed by atoms with E-state index >= 15 is 0 Å². The summed E-state index contributed by atoms with van der Waals surface area (Å²) in [5.41, 5.74) is 7.30. The van der Waals surface area contributed by atoms with Gasteiger partial charge in [-0.1, -0.05) is 18.2 Å². The lowest BCUT2D eigenvalue weighted by molar-refractivity contribution is 0.248. The normalized spacial score (nSPS) is 36.1. The number of para-hydroxylation sites is 1. The Hall–Kier alpha value is -1.06. The predicted molar refractivity (Wildman–Crippen MR) is 67.8 cm³/mol. The number of hydrogen-bond donors (Lipinski definition) is 3. The van der Waals surface area contributed by atoms with Crippen LogP contribution in [0.4, 0.5) is 0 Å². The van der Waals surface area contributed by atoms with Crippen LogP contribution in [-0.4, -0.2) is 23.2 Å². The van der Waals surface area contributed by atoms with Crippen molar-refractivity contribution in [2.45, 2.75) is 43.8 Å². The molecule has 0 saturated carbocycles. The zero-order valence-electron chi connectivity index (χ0n) is 9.97. The van der Waals surface area contributed by atoms with Crippen molar-refractivity contribution in [2.75, 3.05) is 0 Å². The first-order valence-electron chi connectivity index (χ1n) is 6.52. The van der Waals surface area contributed by atoms with Crippen molar-refractivity contribution < 1.29 is 5.11 Å². The standard InChI is InChI=1S/C14H20N2O/c15-12-8-10-5-6-13(16-10)11(12)7-9-3-1-2-4-14(9)17/h1-4,10-13,16-17H,5-8,15H2. The fourth-order valence-corrected chi connectivity index (χ4v) is 3.41. The van der Waals surface area contributed by atoms with Crippen LogP contribution in [0.3, 0.4) is 0 Å². The molecule has 0 radical (unpaired) electrons. The lowest BCUT2D eigenvalue weighted by atomic mass is 9.82. The average molecular weight is 232 g/mol. The van der Waals surface area contributed by atoms with Gasteiger partial charge in [0.2, 0.25) is 0 Å². The molecule has 3 rings (SSSR count). The van der Waals surface area contributed by atoms with E-state index < -0.39 is 0 Å². The molecule has 3 heteroatoms. The quantitative estimate of drug-likeness (QED) is 0.722. The van der Waals surface area contributed by atoms with Crippen LogP contribution in [0.15, 0.2) is 24.3 Å². The molecule has 17 heavy (non-hydrogen) atoms. The Morgan fingerprint density at radius 1 is 1.29 bits per heavy atom. The topological polar surface area (TPSA) is 58.3 Å². The Balaban J connectivity index is 1.78. The first kappa shape index (κ1) is 11.1. The van der Waals surface area contributed by atoms with Crippen molar-refractivity contribution in [2.24, 2.45) is 11.7 Å². The zero-order valence-corrected chi connectivity index (χ0v) is 9.97. The maximum Gasteiger partial charge on any atom is 0.118 e. The molecule has 4 unspecified atom stereocenters. The molecule has 1 aromatic rings. The highest BCUT2D eigenvalue weighted by atomic mass is 16.3. The van der Waals surface area contributed by atoms with Crippen molar-refractivity contribution in [3.05, 3.63) is 29.8 Å². The van der Waals surface area contributed by atoms with Crippen LogP contribution in [0.1, 0.15) is 24.8 Å². The summed E-state index contributed by atoms with van der Waals surface area (Å²) >= 11 is 0. The SMILES string of the molecule is NC1CC2CCC(N2)C1Cc1ccccc1O. The van der Waals surface area contributed by atoms with Crippen molar-refractivity contribution >= 4 is 0 Å². The Labute approximate surface area is 102 Å². The molecule has 2 heterocycles. The van der Waals surface area contributed by atoms with Gasteiger partial charge in [0, 0.05) is 18.1 Å². The van der Waals surface area contributed by atoms with Gasteiger partial charge in [0.1, 0.15) is 5.75 Å². The van der Waals surface area contributed by atoms with E-state index in [0.717, 1.165) is 18.4 Å². The first-order valence-corrected chi connectivity index (χ1v) is 6.52. The van der Waals surface area contributed by atoms with Crippen LogP contribution in [0.2, 0.25) is 0 Å². The van der Waals surface area contributed by atoms with Crippen LogP contribution < -0.4 is 11.1 Å². The molecule has 92 valence electrons. The molecule has 2 aliphatic rings. The van der Waals surface area contributed by atoms with E-state index in [1.165, 1.54) is 12.8 Å². The van der Waals surface area contributed by atoms with Crippen LogP contribution in [-0.2, 0) is 6.42 Å². The molecular formula is C14H20N2O. The van der Waals surface area contributed by atoms with E-state index in [4.69, 9.17) is 5.73 Å². The smallest absolute Gasteiger partial charge is 0.118 e. The lowest BCUT2D eigenvalue weighted by Crippen LogP contribution is -2.52. The average Bonchev–Trinajstić information content (AvgIpc) is 2.70. The highest BCUT2D eigenvalue weighted by Gasteiger charge is 2.39. The third-order valence-electron chi connectivity index (χ3n) is 4.35. The van der Waals surface area contributed by atoms with Gasteiger partial charge in [-0.25, -0.2) is 0 Å². The van der Waals surface area contributed by atoms with Gasteiger partial charge in [0.15, 0.2) is 0 Å². The van der Waals surface area contributed by atoms with E-state index in [-0.39, 0.29) is 6.04 Å². The molecule has 0 aromatic heterocycles. The molecule has 0 amide bonds. The van der Waals surface area contributed by atoms with Gasteiger partial charge < -0.3 is 16.2 Å². The predicted octanol–water partition coefficient (Wildman–Crippen LogP) is 1.40. The molecule has 2 fully saturated rings. The largest absolute Gasteiger partial charge is 0.508 e. The van der Waals surface area contributed by atoms with E-state index in [1.54, 1.807) is 6.07 Å². The summed E-state index contributed by atoms with van der Waals surface area (Å²) in [4.78, 5) is 0. The summed E-state index contributed by atoms with van der Waals surface area (Å²) in [6.45, 7) is 0. The Kier molecular flexibility index (Phi) is 2.81. The zero-order chi connectivity index (χ0) is 11.8. The second-order valence-corrected chi connectivity index (χ2v) is 5.44. The molecule has 2 aliphatic heterocycles. The van der Waals surface area contributed by atoms with Crippen molar-refractivity contribution in [3.63, 3.8) is 0 Å². The fourth-order valence-electron chi connectivity index (χ4n) is 3.41. The Bertz CT molecular complexity index is 407. The number of phenols is 1. The van der Waals surface area contributed by atoms with Gasteiger partial charge in [0.05, 0.1) is 0 Å². The third-order valence-corrected chi connectivity index (χ3v) is 4.35. The molecule has 0 spiro atoms. The molecular weight excluding hydrogens is 212 g/mol. The molecule has 1 aromatic carbocycles. The number of hydrogen-bond acceptors (Lipinski definition) is 3. The minimum absolute atomic E-state index is 0.272. The Morgan fingerprint density at radius 2 is 2.12 bits per heavy atom. The molecule has 4 N–H and O–H groups in total. The first-order chi connectivity index (χ1) is 8.24. The maximum absolute atomic E-state index is 9.84. The minimum Gasteiger partial charge on any atom is -0.508 e. The van der Waals surface area contributed by atoms with Gasteiger partial charge in [0.25, 0.3) is 0 Å². The maximum atomic E-state index is 9.84. The fraction of sp³-hybridized carbons (Fsp3) is 0.571. The summed E-state index contributed by atoms with van der Waals surface area (Å²) in [6, 6.07) is 9.06. The van der Waals surface area contributed by atoms with Gasteiger partial charge in [-0.2, -0.15) is 0 Å². The summed E-state index contributed by atoms with van der Waals surface area (Å²) < 4.78 is 0. The van der Waals surface area contributed by atoms with E-state index in [9.17, 15) is 5.11 Å². The van der Waals surface area contributed by atoms with Gasteiger partial charge >= 0.3 is 0 Å². The number of piperidine rings is 1. The summed E-state index contributed by atoms with van der Waals surface area (Å²) in [6.07, 6.45) is 4.46. The highest BCUT2D eigenvalue weighted by Crippen LogP contribution is 2.34. The van der Waals surface area contributed by atoms with Crippen LogP contribution in [0, 0.1) is 5.92 Å². The van der Waals surface area contributed by atoms with E-state index in [2.05, 4.69) is 5.32 Å². The number of fused-ring (bicyclic) bond motifs is 2. The van der Waals surface area contributed by atoms with Crippen molar-refractivity contribution in [3.8, 4) is 5.75 Å². The number of rotatable bonds is 2. The minimum atomic E-state index is 0.272. The number of aromatic hydroxyl groups is 1. The third kappa shape index (κ3) is 2.05. The van der Waals surface area contributed by atoms with Gasteiger partial charge in [-0.05, 0) is 43.2 Å². The molecule has 4 atom stereocenters. The molecule has 2 saturated heterocycles. The molecule has 2 bridgehead atoms. The molecule has 3 nitrogen and oxygen atoms in total. The van der Waals surface area contributed by atoms with Crippen LogP contribution >= 0.6 is 0 Å². The van der Waals surface area contributed by atoms with E-state index in [0.29, 0.717) is 23.8 Å². The van der Waals surface area contributed by atoms with Crippen molar-refractivity contribution in [1.29, 1.82) is 0 Å². The van der Waals surface area contributed by atoms with Gasteiger partial charge in [-0.15, -0.1) is 0 Å². The van der Waals surface area contributed by atoms with Crippen LogP contribution in [0.25, 0.3) is 0 Å². The summed E-state index contributed by atoms with van der Waals surface area (Å²) in [5.74, 6) is 0.863. The van der Waals surface area contributed by atoms with Crippen molar-refractivity contribution in [1.82, 2.24) is 5.32 Å².